The number of sulfonamides is 1. The van der Waals surface area contributed by atoms with Gasteiger partial charge in [0.25, 0.3) is 30.4 Å². The fourth-order valence-corrected chi connectivity index (χ4v) is 10.7. The van der Waals surface area contributed by atoms with Gasteiger partial charge in [-0.25, -0.2) is 13.1 Å². The topological polar surface area (TPSA) is 271 Å². The van der Waals surface area contributed by atoms with Crippen molar-refractivity contribution in [2.75, 3.05) is 63.5 Å². The number of unbranched alkanes of at least 4 members (excludes halogenated alkanes) is 2. The van der Waals surface area contributed by atoms with Crippen molar-refractivity contribution in [3.8, 4) is 0 Å². The largest absolute Gasteiger partial charge is 0.481 e. The summed E-state index contributed by atoms with van der Waals surface area (Å²) in [6.45, 7) is 4.75. The fourth-order valence-electron chi connectivity index (χ4n) is 8.12. The molecule has 0 bridgehead atoms. The lowest BCUT2D eigenvalue weighted by Gasteiger charge is -2.30. The van der Waals surface area contributed by atoms with Gasteiger partial charge >= 0.3 is 5.97 Å². The molecule has 2 aliphatic heterocycles. The van der Waals surface area contributed by atoms with E-state index in [0.29, 0.717) is 59.7 Å². The van der Waals surface area contributed by atoms with Gasteiger partial charge in [0, 0.05) is 74.7 Å². The number of nitrogens with zero attached hydrogens (tertiary/aromatic N) is 2. The summed E-state index contributed by atoms with van der Waals surface area (Å²) in [6, 6.07) is 8.33. The van der Waals surface area contributed by atoms with Gasteiger partial charge in [-0.05, 0) is 94.3 Å². The van der Waals surface area contributed by atoms with Gasteiger partial charge in [-0.1, -0.05) is 6.08 Å². The Morgan fingerprint density at radius 1 is 0.787 bits per heavy atom. The minimum Gasteiger partial charge on any atom is -0.481 e. The number of aliphatic carboxylic acids is 1. The number of ether oxygens (including phenoxy) is 2. The number of hydrogen-bond acceptors (Lipinski definition) is 12. The second kappa shape index (κ2) is 20.3. The SMILES string of the molecule is COCCNS(=O)(=O)CCCC1(C)/C(=C\C=C\C2=[N+](CCCCCC(=O)O)c3ccc(S(=O)(=O)O)cc3C2(C)CCCS(=O)(=O)O)N(CCOC)c2ccc(S(=O)(=O)O)cc21. The van der Waals surface area contributed by atoms with Crippen molar-refractivity contribution in [2.45, 2.75) is 85.8 Å². The molecule has 2 aromatic rings. The molecule has 4 rings (SSSR count). The van der Waals surface area contributed by atoms with Gasteiger partial charge in [0.05, 0.1) is 39.9 Å². The molecule has 0 fully saturated rings. The molecule has 0 radical (unpaired) electrons. The molecular weight excluding hydrogens is 879 g/mol. The Bertz CT molecular complexity index is 2490. The maximum atomic E-state index is 12.9. The summed E-state index contributed by atoms with van der Waals surface area (Å²) in [6.07, 6.45) is 7.14. The van der Waals surface area contributed by atoms with Gasteiger partial charge in [0.1, 0.15) is 6.54 Å². The molecule has 2 aliphatic rings. The standard InChI is InChI=1S/C39H55N3O15S4/c1-38(18-9-25-58(45,46)40-20-23-56-3)32-28-30(61(53,54)55)15-17-34(32)42(22-24-57-4)36(38)12-8-11-35-39(2,19-10-26-59(47,48)49)31-27-29(60(50,51)52)14-16-33(31)41(35)21-7-5-6-13-37(43)44/h8,11-12,14-17,27-28,40H,5-7,9-10,13,18-26H2,1-4H3,(H3-,43,44,47,48,49,50,51,52,53,54,55)/p+1. The third-order valence-corrected chi connectivity index (χ3v) is 15.1. The predicted molar refractivity (Wildman–Crippen MR) is 228 cm³/mol. The first kappa shape index (κ1) is 50.1. The maximum Gasteiger partial charge on any atom is 0.303 e. The lowest BCUT2D eigenvalue weighted by atomic mass is 9.75. The van der Waals surface area contributed by atoms with E-state index in [1.165, 1.54) is 44.6 Å². The summed E-state index contributed by atoms with van der Waals surface area (Å²) in [4.78, 5) is 12.4. The maximum absolute atomic E-state index is 12.9. The Morgan fingerprint density at radius 3 is 2.00 bits per heavy atom. The molecule has 18 nitrogen and oxygen atoms in total. The van der Waals surface area contributed by atoms with E-state index in [0.717, 1.165) is 0 Å². The van der Waals surface area contributed by atoms with Crippen molar-refractivity contribution < 1.29 is 71.3 Å². The smallest absolute Gasteiger partial charge is 0.303 e. The number of carboxylic acids is 1. The van der Waals surface area contributed by atoms with Crippen molar-refractivity contribution >= 4 is 63.4 Å². The van der Waals surface area contributed by atoms with Crippen molar-refractivity contribution in [3.63, 3.8) is 0 Å². The van der Waals surface area contributed by atoms with Crippen LogP contribution in [-0.2, 0) is 65.5 Å². The zero-order valence-corrected chi connectivity index (χ0v) is 37.9. The third-order valence-electron chi connectivity index (χ3n) is 11.1. The van der Waals surface area contributed by atoms with E-state index in [-0.39, 0.29) is 74.0 Å². The molecular formula is C39H56N3O15S4+. The molecule has 2 unspecified atom stereocenters. The van der Waals surface area contributed by atoms with Crippen LogP contribution >= 0.6 is 0 Å². The van der Waals surface area contributed by atoms with Crippen LogP contribution in [0.4, 0.5) is 11.4 Å². The second-order valence-corrected chi connectivity index (χ2v) is 21.8. The van der Waals surface area contributed by atoms with E-state index in [2.05, 4.69) is 4.72 Å². The van der Waals surface area contributed by atoms with Crippen molar-refractivity contribution in [3.05, 3.63) is 71.5 Å². The zero-order chi connectivity index (χ0) is 45.4. The van der Waals surface area contributed by atoms with Crippen molar-refractivity contribution in [1.29, 1.82) is 0 Å². The number of methoxy groups -OCH3 is 2. The van der Waals surface area contributed by atoms with Crippen LogP contribution in [0.2, 0.25) is 0 Å². The highest BCUT2D eigenvalue weighted by Crippen LogP contribution is 2.51. The Hall–Kier alpha value is -3.58. The quantitative estimate of drug-likeness (QED) is 0.0534. The number of fused-ring (bicyclic) bond motifs is 2. The number of benzene rings is 2. The van der Waals surface area contributed by atoms with Gasteiger partial charge in [0.2, 0.25) is 15.7 Å². The van der Waals surface area contributed by atoms with E-state index in [4.69, 9.17) is 9.47 Å². The molecule has 22 heteroatoms. The van der Waals surface area contributed by atoms with E-state index < -0.39 is 62.9 Å². The lowest BCUT2D eigenvalue weighted by molar-refractivity contribution is -0.438. The van der Waals surface area contributed by atoms with Crippen LogP contribution in [0, 0.1) is 0 Å². The molecule has 0 saturated heterocycles. The molecule has 2 heterocycles. The van der Waals surface area contributed by atoms with E-state index in [1.54, 1.807) is 31.2 Å². The molecule has 61 heavy (non-hydrogen) atoms. The average molecular weight is 935 g/mol. The van der Waals surface area contributed by atoms with Gasteiger partial charge in [-0.2, -0.15) is 29.8 Å². The fraction of sp³-hybridized carbons (Fsp3) is 0.538. The van der Waals surface area contributed by atoms with Crippen LogP contribution in [0.1, 0.15) is 76.3 Å². The van der Waals surface area contributed by atoms with Crippen LogP contribution in [0.3, 0.4) is 0 Å². The highest BCUT2D eigenvalue weighted by molar-refractivity contribution is 7.89. The molecule has 5 N–H and O–H groups in total. The number of nitrogens with one attached hydrogen (secondary N) is 1. The predicted octanol–water partition coefficient (Wildman–Crippen LogP) is 4.06. The minimum atomic E-state index is -4.67. The Morgan fingerprint density at radius 2 is 1.39 bits per heavy atom. The molecule has 0 amide bonds. The summed E-state index contributed by atoms with van der Waals surface area (Å²) in [7, 11) is -14.4. The third kappa shape index (κ3) is 12.8. The molecule has 0 aromatic heterocycles. The van der Waals surface area contributed by atoms with Crippen molar-refractivity contribution in [1.82, 2.24) is 4.72 Å². The summed E-state index contributed by atoms with van der Waals surface area (Å²) in [5, 5.41) is 9.18. The molecule has 340 valence electrons. The van der Waals surface area contributed by atoms with E-state index >= 15 is 0 Å². The van der Waals surface area contributed by atoms with E-state index in [9.17, 15) is 57.2 Å². The molecule has 2 aromatic carbocycles. The summed E-state index contributed by atoms with van der Waals surface area (Å²) in [5.41, 5.74) is 1.26. The molecule has 0 spiro atoms. The van der Waals surface area contributed by atoms with E-state index in [1.807, 2.05) is 16.4 Å². The number of hydrogen-bond donors (Lipinski definition) is 5. The van der Waals surface area contributed by atoms with Crippen LogP contribution < -0.4 is 9.62 Å². The number of carbonyl (C=O) groups is 1. The Labute approximate surface area is 358 Å². The second-order valence-electron chi connectivity index (χ2n) is 15.5. The number of anilines is 1. The number of allylic oxidation sites excluding steroid dienone is 4. The zero-order valence-electron chi connectivity index (χ0n) is 34.6. The Kier molecular flexibility index (Phi) is 16.7. The first-order chi connectivity index (χ1) is 28.4. The molecule has 0 aliphatic carbocycles. The summed E-state index contributed by atoms with van der Waals surface area (Å²) < 4.78 is 143. The summed E-state index contributed by atoms with van der Waals surface area (Å²) >= 11 is 0. The minimum absolute atomic E-state index is 0.0333. The highest BCUT2D eigenvalue weighted by Gasteiger charge is 2.48. The normalized spacial score (nSPS) is 20.2. The van der Waals surface area contributed by atoms with Crippen LogP contribution in [0.25, 0.3) is 0 Å². The first-order valence-corrected chi connectivity index (χ1v) is 25.7. The van der Waals surface area contributed by atoms with Gasteiger partial charge in [-0.15, -0.1) is 0 Å². The Balaban J connectivity index is 1.91. The number of carboxylic acid groups (broad SMARTS) is 1. The van der Waals surface area contributed by atoms with Gasteiger partial charge < -0.3 is 19.5 Å². The first-order valence-electron chi connectivity index (χ1n) is 19.6. The highest BCUT2D eigenvalue weighted by atomic mass is 32.2. The molecule has 2 atom stereocenters. The molecule has 0 saturated carbocycles. The number of rotatable bonds is 25. The van der Waals surface area contributed by atoms with Crippen LogP contribution in [0.15, 0.2) is 70.1 Å². The van der Waals surface area contributed by atoms with Crippen molar-refractivity contribution in [2.24, 2.45) is 0 Å². The lowest BCUT2D eigenvalue weighted by Crippen LogP contribution is -2.33. The summed E-state index contributed by atoms with van der Waals surface area (Å²) in [5.74, 6) is -1.78. The van der Waals surface area contributed by atoms with Gasteiger partial charge in [-0.3, -0.25) is 18.5 Å². The average Bonchev–Trinajstić information content (AvgIpc) is 3.52. The van der Waals surface area contributed by atoms with Gasteiger partial charge in [0.15, 0.2) is 5.71 Å². The van der Waals surface area contributed by atoms with Crippen LogP contribution in [-0.4, -0.2) is 127 Å². The monoisotopic (exact) mass is 934 g/mol. The van der Waals surface area contributed by atoms with Crippen LogP contribution in [0.5, 0.6) is 0 Å².